The fraction of sp³-hybridized carbons (Fsp3) is 0.393. The second-order valence-electron chi connectivity index (χ2n) is 9.13. The third kappa shape index (κ3) is 6.25. The van der Waals surface area contributed by atoms with E-state index in [4.69, 9.17) is 4.98 Å². The Balaban J connectivity index is 1.58. The Bertz CT molecular complexity index is 1170. The molecule has 0 amide bonds. The number of aryl methyl sites for hydroxylation is 1. The highest BCUT2D eigenvalue weighted by Gasteiger charge is 2.24. The molecule has 190 valence electrons. The number of rotatable bonds is 10. The zero-order valence-corrected chi connectivity index (χ0v) is 20.9. The molecule has 0 aliphatic carbocycles. The topological polar surface area (TPSA) is 90.4 Å². The molecule has 8 heteroatoms. The van der Waals surface area contributed by atoms with Gasteiger partial charge in [0, 0.05) is 47.7 Å². The number of nitrogens with one attached hydrogen (secondary N) is 2. The molecule has 4 rings (SSSR count). The van der Waals surface area contributed by atoms with Gasteiger partial charge in [-0.15, -0.1) is 0 Å². The van der Waals surface area contributed by atoms with Crippen LogP contribution in [-0.4, -0.2) is 46.5 Å². The van der Waals surface area contributed by atoms with Crippen molar-refractivity contribution in [3.8, 4) is 0 Å². The van der Waals surface area contributed by atoms with E-state index in [0.29, 0.717) is 23.2 Å². The summed E-state index contributed by atoms with van der Waals surface area (Å²) in [4.78, 5) is 24.4. The summed E-state index contributed by atoms with van der Waals surface area (Å²) in [5, 5.41) is 17.3. The molecule has 0 radical (unpaired) electrons. The zero-order chi connectivity index (χ0) is 25.5. The minimum Gasteiger partial charge on any atom is -0.380 e. The molecule has 2 heterocycles. The van der Waals surface area contributed by atoms with E-state index in [1.54, 1.807) is 36.4 Å². The number of Topliss-reactive ketones (excluding diaryl/α,β-unsaturated/α-hetero) is 1. The second-order valence-corrected chi connectivity index (χ2v) is 9.13. The molecule has 36 heavy (non-hydrogen) atoms. The number of aromatic nitrogens is 2. The van der Waals surface area contributed by atoms with Gasteiger partial charge in [-0.25, -0.2) is 9.37 Å². The molecular weight excluding hydrogens is 457 g/mol. The van der Waals surface area contributed by atoms with Gasteiger partial charge in [-0.1, -0.05) is 50.6 Å². The number of halogens is 1. The number of hydrogen-bond acceptors (Lipinski definition) is 7. The highest BCUT2D eigenvalue weighted by molar-refractivity contribution is 6.00. The molecular formula is C28H34FN5O2. The Morgan fingerprint density at radius 1 is 1.17 bits per heavy atom. The van der Waals surface area contributed by atoms with Crippen LogP contribution in [-0.2, 0) is 6.42 Å². The zero-order valence-electron chi connectivity index (χ0n) is 20.9. The Kier molecular flexibility index (Phi) is 8.61. The first-order chi connectivity index (χ1) is 17.5. The first-order valence-corrected chi connectivity index (χ1v) is 12.7. The number of aliphatic hydroxyl groups excluding tert-OH is 1. The lowest BCUT2D eigenvalue weighted by Gasteiger charge is -2.34. The number of carbonyl (C=O) groups excluding carboxylic acids is 1. The summed E-state index contributed by atoms with van der Waals surface area (Å²) in [6, 6.07) is 15.1. The van der Waals surface area contributed by atoms with Crippen molar-refractivity contribution in [3.05, 3.63) is 77.2 Å². The summed E-state index contributed by atoms with van der Waals surface area (Å²) in [6.45, 7) is 6.96. The summed E-state index contributed by atoms with van der Waals surface area (Å²) < 4.78 is 14.6. The molecule has 1 fully saturated rings. The van der Waals surface area contributed by atoms with Crippen LogP contribution in [0.2, 0.25) is 0 Å². The fourth-order valence-corrected chi connectivity index (χ4v) is 4.59. The predicted octanol–water partition coefficient (Wildman–Crippen LogP) is 4.81. The van der Waals surface area contributed by atoms with Crippen LogP contribution < -0.4 is 15.5 Å². The van der Waals surface area contributed by atoms with Crippen molar-refractivity contribution >= 4 is 23.2 Å². The van der Waals surface area contributed by atoms with Crippen LogP contribution in [0.3, 0.4) is 0 Å². The van der Waals surface area contributed by atoms with Gasteiger partial charge in [-0.3, -0.25) is 4.79 Å². The number of benzene rings is 2. The van der Waals surface area contributed by atoms with Crippen molar-refractivity contribution < 1.29 is 14.3 Å². The Hall–Kier alpha value is -3.36. The van der Waals surface area contributed by atoms with Gasteiger partial charge in [-0.2, -0.15) is 4.98 Å². The lowest BCUT2D eigenvalue weighted by atomic mass is 9.99. The van der Waals surface area contributed by atoms with Crippen LogP contribution in [0.4, 0.5) is 21.8 Å². The number of likely N-dealkylation sites (N-methyl/N-ethyl adjacent to an activating group) is 1. The number of piperidine rings is 1. The fourth-order valence-electron chi connectivity index (χ4n) is 4.59. The third-order valence-electron chi connectivity index (χ3n) is 6.36. The summed E-state index contributed by atoms with van der Waals surface area (Å²) in [6.07, 6.45) is 2.37. The van der Waals surface area contributed by atoms with Gasteiger partial charge in [-0.05, 0) is 44.0 Å². The monoisotopic (exact) mass is 491 g/mol. The molecule has 2 atom stereocenters. The molecule has 0 saturated carbocycles. The van der Waals surface area contributed by atoms with Crippen LogP contribution in [0.15, 0.2) is 54.6 Å². The van der Waals surface area contributed by atoms with Crippen LogP contribution in [0, 0.1) is 5.82 Å². The Labute approximate surface area is 211 Å². The van der Waals surface area contributed by atoms with Crippen LogP contribution >= 0.6 is 0 Å². The van der Waals surface area contributed by atoms with Gasteiger partial charge in [0.1, 0.15) is 17.7 Å². The molecule has 1 aromatic heterocycles. The molecule has 3 N–H and O–H groups in total. The normalized spacial score (nSPS) is 16.6. The molecule has 1 unspecified atom stereocenters. The van der Waals surface area contributed by atoms with Crippen LogP contribution in [0.25, 0.3) is 0 Å². The van der Waals surface area contributed by atoms with Crippen molar-refractivity contribution in [2.24, 2.45) is 0 Å². The smallest absolute Gasteiger partial charge is 0.229 e. The first-order valence-electron chi connectivity index (χ1n) is 12.7. The quantitative estimate of drug-likeness (QED) is 0.351. The summed E-state index contributed by atoms with van der Waals surface area (Å²) in [5.74, 6) is 0.0556. The maximum Gasteiger partial charge on any atom is 0.229 e. The van der Waals surface area contributed by atoms with Gasteiger partial charge in [0.25, 0.3) is 0 Å². The minimum atomic E-state index is -1.62. The lowest BCUT2D eigenvalue weighted by Crippen LogP contribution is -2.46. The molecule has 1 saturated heterocycles. The number of aliphatic hydroxyl groups is 1. The van der Waals surface area contributed by atoms with Crippen molar-refractivity contribution in [1.29, 1.82) is 0 Å². The van der Waals surface area contributed by atoms with Crippen LogP contribution in [0.5, 0.6) is 0 Å². The SMILES string of the molecule is CCCc1cc(N2CCCC(NCC)C2)nc(Nc2ccc(F)c([C@@H](O)C(=O)c3ccccc3)c2)n1. The maximum absolute atomic E-state index is 14.6. The first kappa shape index (κ1) is 25.7. The van der Waals surface area contributed by atoms with Crippen molar-refractivity contribution in [3.63, 3.8) is 0 Å². The summed E-state index contributed by atoms with van der Waals surface area (Å²) >= 11 is 0. The molecule has 1 aliphatic rings. The number of nitrogens with zero attached hydrogens (tertiary/aromatic N) is 3. The molecule has 3 aromatic rings. The third-order valence-corrected chi connectivity index (χ3v) is 6.36. The van der Waals surface area contributed by atoms with E-state index >= 15 is 0 Å². The van der Waals surface area contributed by atoms with E-state index in [1.165, 1.54) is 12.1 Å². The van der Waals surface area contributed by atoms with Crippen molar-refractivity contribution in [2.75, 3.05) is 29.9 Å². The number of hydrogen-bond donors (Lipinski definition) is 3. The van der Waals surface area contributed by atoms with Crippen molar-refractivity contribution in [1.82, 2.24) is 15.3 Å². The average molecular weight is 492 g/mol. The molecule has 1 aliphatic heterocycles. The molecule has 2 aromatic carbocycles. The van der Waals surface area contributed by atoms with Gasteiger partial charge in [0.2, 0.25) is 5.95 Å². The maximum atomic E-state index is 14.6. The van der Waals surface area contributed by atoms with E-state index in [9.17, 15) is 14.3 Å². The van der Waals surface area contributed by atoms with Gasteiger partial charge in [0.15, 0.2) is 5.78 Å². The highest BCUT2D eigenvalue weighted by Crippen LogP contribution is 2.27. The number of anilines is 3. The number of carbonyl (C=O) groups is 1. The summed E-state index contributed by atoms with van der Waals surface area (Å²) in [7, 11) is 0. The standard InChI is InChI=1S/C28H34FN5O2/c1-3-9-20-17-25(34-15-8-12-22(18-34)30-4-2)33-28(31-20)32-21-13-14-24(29)23(16-21)27(36)26(35)19-10-6-5-7-11-19/h5-7,10-11,13-14,16-17,22,27,30,36H,3-4,8-9,12,15,18H2,1-2H3,(H,31,32,33)/t22?,27-/m1/s1. The van der Waals surface area contributed by atoms with Gasteiger partial charge in [0.05, 0.1) is 0 Å². The summed E-state index contributed by atoms with van der Waals surface area (Å²) in [5.41, 5.74) is 1.65. The average Bonchev–Trinajstić information content (AvgIpc) is 2.90. The predicted molar refractivity (Wildman–Crippen MR) is 140 cm³/mol. The second kappa shape index (κ2) is 12.1. The Morgan fingerprint density at radius 3 is 2.72 bits per heavy atom. The highest BCUT2D eigenvalue weighted by atomic mass is 19.1. The van der Waals surface area contributed by atoms with Crippen LogP contribution in [0.1, 0.15) is 60.8 Å². The van der Waals surface area contributed by atoms with E-state index < -0.39 is 17.7 Å². The van der Waals surface area contributed by atoms with E-state index in [1.807, 2.05) is 6.07 Å². The number of ketones is 1. The van der Waals surface area contributed by atoms with Gasteiger partial charge >= 0.3 is 0 Å². The molecule has 0 spiro atoms. The molecule has 0 bridgehead atoms. The lowest BCUT2D eigenvalue weighted by molar-refractivity contribution is 0.0740. The van der Waals surface area contributed by atoms with E-state index in [2.05, 4.69) is 34.4 Å². The van der Waals surface area contributed by atoms with Crippen molar-refractivity contribution in [2.45, 2.75) is 51.7 Å². The largest absolute Gasteiger partial charge is 0.380 e. The van der Waals surface area contributed by atoms with Gasteiger partial charge < -0.3 is 20.6 Å². The molecule has 7 nitrogen and oxygen atoms in total. The minimum absolute atomic E-state index is 0.0942. The van der Waals surface area contributed by atoms with E-state index in [-0.39, 0.29) is 5.56 Å². The van der Waals surface area contributed by atoms with E-state index in [0.717, 1.165) is 56.8 Å². The Morgan fingerprint density at radius 2 is 1.97 bits per heavy atom.